The number of aliphatic hydroxyl groups excluding tert-OH is 1. The standard InChI is InChI=1S/C18H26N4O2/c1-13-6-8-14(9-7-13)20-17(24)12-22-16-5-3-2-4-15(16)21-18(22)19-10-11-23/h2-5,13-14,23H,6-12H2,1H3,(H,19,21)(H,20,24). The van der Waals surface area contributed by atoms with E-state index < -0.39 is 0 Å². The number of imidazole rings is 1. The quantitative estimate of drug-likeness (QED) is 0.758. The SMILES string of the molecule is CC1CCC(NC(=O)Cn2c(NCCO)nc3ccccc32)CC1. The molecule has 0 aliphatic heterocycles. The molecule has 1 aliphatic rings. The molecule has 24 heavy (non-hydrogen) atoms. The van der Waals surface area contributed by atoms with Crippen molar-refractivity contribution in [2.24, 2.45) is 5.92 Å². The highest BCUT2D eigenvalue weighted by Crippen LogP contribution is 2.24. The number of hydrogen-bond donors (Lipinski definition) is 3. The first-order valence-corrected chi connectivity index (χ1v) is 8.76. The van der Waals surface area contributed by atoms with Crippen molar-refractivity contribution in [3.05, 3.63) is 24.3 Å². The number of rotatable bonds is 6. The first-order valence-electron chi connectivity index (χ1n) is 8.76. The van der Waals surface area contributed by atoms with Gasteiger partial charge in [0, 0.05) is 12.6 Å². The normalized spacial score (nSPS) is 20.9. The van der Waals surface area contributed by atoms with Gasteiger partial charge in [0.25, 0.3) is 0 Å². The molecule has 3 N–H and O–H groups in total. The van der Waals surface area contributed by atoms with Crippen molar-refractivity contribution < 1.29 is 9.90 Å². The Hall–Kier alpha value is -2.08. The molecule has 0 saturated heterocycles. The van der Waals surface area contributed by atoms with Crippen LogP contribution in [-0.2, 0) is 11.3 Å². The van der Waals surface area contributed by atoms with Crippen LogP contribution in [0.25, 0.3) is 11.0 Å². The molecule has 1 aromatic carbocycles. The van der Waals surface area contributed by atoms with E-state index in [4.69, 9.17) is 5.11 Å². The van der Waals surface area contributed by atoms with Crippen LogP contribution in [0.3, 0.4) is 0 Å². The number of nitrogens with one attached hydrogen (secondary N) is 2. The molecule has 1 fully saturated rings. The lowest BCUT2D eigenvalue weighted by Gasteiger charge is -2.27. The van der Waals surface area contributed by atoms with E-state index in [0.29, 0.717) is 12.5 Å². The average molecular weight is 330 g/mol. The number of fused-ring (bicyclic) bond motifs is 1. The molecule has 0 radical (unpaired) electrons. The van der Waals surface area contributed by atoms with Crippen LogP contribution in [0, 0.1) is 5.92 Å². The molecule has 6 nitrogen and oxygen atoms in total. The van der Waals surface area contributed by atoms with Crippen LogP contribution in [-0.4, -0.2) is 39.8 Å². The van der Waals surface area contributed by atoms with Gasteiger partial charge < -0.3 is 20.3 Å². The van der Waals surface area contributed by atoms with Crippen LogP contribution in [0.4, 0.5) is 5.95 Å². The average Bonchev–Trinajstić information content (AvgIpc) is 2.93. The Kier molecular flexibility index (Phi) is 5.35. The third kappa shape index (κ3) is 3.87. The molecule has 0 spiro atoms. The van der Waals surface area contributed by atoms with Crippen molar-refractivity contribution >= 4 is 22.9 Å². The van der Waals surface area contributed by atoms with Gasteiger partial charge >= 0.3 is 0 Å². The van der Waals surface area contributed by atoms with Gasteiger partial charge in [-0.15, -0.1) is 0 Å². The van der Waals surface area contributed by atoms with Crippen molar-refractivity contribution in [3.8, 4) is 0 Å². The zero-order valence-corrected chi connectivity index (χ0v) is 14.2. The Bertz CT molecular complexity index is 689. The van der Waals surface area contributed by atoms with E-state index in [1.807, 2.05) is 28.8 Å². The highest BCUT2D eigenvalue weighted by molar-refractivity contribution is 5.83. The van der Waals surface area contributed by atoms with E-state index in [1.54, 1.807) is 0 Å². The van der Waals surface area contributed by atoms with E-state index in [2.05, 4.69) is 22.5 Å². The number of benzene rings is 1. The molecule has 1 aromatic heterocycles. The van der Waals surface area contributed by atoms with Gasteiger partial charge in [0.1, 0.15) is 6.54 Å². The maximum atomic E-state index is 12.5. The molecule has 1 saturated carbocycles. The van der Waals surface area contributed by atoms with Crippen molar-refractivity contribution in [1.82, 2.24) is 14.9 Å². The number of nitrogens with zero attached hydrogens (tertiary/aromatic N) is 2. The lowest BCUT2D eigenvalue weighted by Crippen LogP contribution is -2.39. The van der Waals surface area contributed by atoms with Crippen LogP contribution in [0.15, 0.2) is 24.3 Å². The number of aliphatic hydroxyl groups is 1. The molecule has 0 bridgehead atoms. The number of aromatic nitrogens is 2. The number of carbonyl (C=O) groups is 1. The molecule has 1 aliphatic carbocycles. The molecule has 0 atom stereocenters. The molecular weight excluding hydrogens is 304 g/mol. The summed E-state index contributed by atoms with van der Waals surface area (Å²) in [4.78, 5) is 17.0. The number of carbonyl (C=O) groups excluding carboxylic acids is 1. The number of para-hydroxylation sites is 2. The van der Waals surface area contributed by atoms with E-state index >= 15 is 0 Å². The maximum Gasteiger partial charge on any atom is 0.240 e. The monoisotopic (exact) mass is 330 g/mol. The van der Waals surface area contributed by atoms with Crippen molar-refractivity contribution in [1.29, 1.82) is 0 Å². The van der Waals surface area contributed by atoms with E-state index in [1.165, 1.54) is 12.8 Å². The highest BCUT2D eigenvalue weighted by Gasteiger charge is 2.21. The van der Waals surface area contributed by atoms with Gasteiger partial charge in [-0.1, -0.05) is 19.1 Å². The Morgan fingerprint density at radius 2 is 2.04 bits per heavy atom. The summed E-state index contributed by atoms with van der Waals surface area (Å²) in [6, 6.07) is 8.05. The first-order chi connectivity index (χ1) is 11.7. The maximum absolute atomic E-state index is 12.5. The fraction of sp³-hybridized carbons (Fsp3) is 0.556. The van der Waals surface area contributed by atoms with Gasteiger partial charge in [-0.3, -0.25) is 4.79 Å². The topological polar surface area (TPSA) is 79.2 Å². The van der Waals surface area contributed by atoms with Crippen molar-refractivity contribution in [3.63, 3.8) is 0 Å². The summed E-state index contributed by atoms with van der Waals surface area (Å²) in [6.45, 7) is 2.94. The molecule has 3 rings (SSSR count). The third-order valence-corrected chi connectivity index (χ3v) is 4.73. The molecule has 0 unspecified atom stereocenters. The molecule has 6 heteroatoms. The summed E-state index contributed by atoms with van der Waals surface area (Å²) >= 11 is 0. The van der Waals surface area contributed by atoms with E-state index in [0.717, 1.165) is 29.8 Å². The summed E-state index contributed by atoms with van der Waals surface area (Å²) in [6.07, 6.45) is 4.49. The number of amides is 1. The van der Waals surface area contributed by atoms with Gasteiger partial charge in [0.15, 0.2) is 0 Å². The van der Waals surface area contributed by atoms with Crippen molar-refractivity contribution in [2.75, 3.05) is 18.5 Å². The molecule has 130 valence electrons. The summed E-state index contributed by atoms with van der Waals surface area (Å²) in [5.74, 6) is 1.41. The van der Waals surface area contributed by atoms with Gasteiger partial charge in [0.05, 0.1) is 17.6 Å². The zero-order valence-electron chi connectivity index (χ0n) is 14.2. The Morgan fingerprint density at radius 3 is 2.79 bits per heavy atom. The van der Waals surface area contributed by atoms with Crippen LogP contribution < -0.4 is 10.6 Å². The third-order valence-electron chi connectivity index (χ3n) is 4.73. The lowest BCUT2D eigenvalue weighted by atomic mass is 9.87. The minimum Gasteiger partial charge on any atom is -0.395 e. The fourth-order valence-electron chi connectivity index (χ4n) is 3.36. The van der Waals surface area contributed by atoms with Crippen LogP contribution in [0.1, 0.15) is 32.6 Å². The predicted octanol–water partition coefficient (Wildman–Crippen LogP) is 2.14. The summed E-state index contributed by atoms with van der Waals surface area (Å²) in [7, 11) is 0. The second-order valence-corrected chi connectivity index (χ2v) is 6.68. The summed E-state index contributed by atoms with van der Waals surface area (Å²) in [5.41, 5.74) is 1.77. The fourth-order valence-corrected chi connectivity index (χ4v) is 3.36. The zero-order chi connectivity index (χ0) is 16.9. The van der Waals surface area contributed by atoms with Crippen molar-refractivity contribution in [2.45, 2.75) is 45.2 Å². The molecule has 1 heterocycles. The Balaban J connectivity index is 1.72. The highest BCUT2D eigenvalue weighted by atomic mass is 16.3. The Morgan fingerprint density at radius 1 is 1.29 bits per heavy atom. The Labute approximate surface area is 142 Å². The number of anilines is 1. The van der Waals surface area contributed by atoms with E-state index in [-0.39, 0.29) is 25.1 Å². The smallest absolute Gasteiger partial charge is 0.240 e. The largest absolute Gasteiger partial charge is 0.395 e. The lowest BCUT2D eigenvalue weighted by molar-refractivity contribution is -0.122. The van der Waals surface area contributed by atoms with Crippen LogP contribution in [0.2, 0.25) is 0 Å². The van der Waals surface area contributed by atoms with Gasteiger partial charge in [-0.25, -0.2) is 4.98 Å². The van der Waals surface area contributed by atoms with E-state index in [9.17, 15) is 4.79 Å². The minimum atomic E-state index is 0.0183. The minimum absolute atomic E-state index is 0.0183. The second-order valence-electron chi connectivity index (χ2n) is 6.68. The van der Waals surface area contributed by atoms with Gasteiger partial charge in [-0.05, 0) is 43.7 Å². The number of hydrogen-bond acceptors (Lipinski definition) is 4. The van der Waals surface area contributed by atoms with Crippen LogP contribution in [0.5, 0.6) is 0 Å². The summed E-state index contributed by atoms with van der Waals surface area (Å²) < 4.78 is 1.88. The molecule has 1 amide bonds. The molecule has 2 aromatic rings. The van der Waals surface area contributed by atoms with Gasteiger partial charge in [-0.2, -0.15) is 0 Å². The van der Waals surface area contributed by atoms with Crippen LogP contribution >= 0.6 is 0 Å². The van der Waals surface area contributed by atoms with Gasteiger partial charge in [0.2, 0.25) is 11.9 Å². The first kappa shape index (κ1) is 16.8. The summed E-state index contributed by atoms with van der Waals surface area (Å²) in [5, 5.41) is 15.3. The second kappa shape index (κ2) is 7.66. The molecular formula is C18H26N4O2. The predicted molar refractivity (Wildman–Crippen MR) is 94.9 cm³/mol.